The lowest BCUT2D eigenvalue weighted by molar-refractivity contribution is -0.116. The van der Waals surface area contributed by atoms with Crippen LogP contribution in [0, 0.1) is 25.2 Å². The van der Waals surface area contributed by atoms with Crippen LogP contribution in [0.3, 0.4) is 0 Å². The average Bonchev–Trinajstić information content (AvgIpc) is 3.01. The van der Waals surface area contributed by atoms with Gasteiger partial charge in [0.2, 0.25) is 5.91 Å². The minimum absolute atomic E-state index is 0.251. The zero-order valence-corrected chi connectivity index (χ0v) is 17.4. The maximum atomic E-state index is 12.4. The van der Waals surface area contributed by atoms with Gasteiger partial charge >= 0.3 is 0 Å². The lowest BCUT2D eigenvalue weighted by Gasteiger charge is -2.12. The molecule has 1 atom stereocenters. The fourth-order valence-electron chi connectivity index (χ4n) is 2.99. The van der Waals surface area contributed by atoms with Gasteiger partial charge in [0, 0.05) is 22.9 Å². The smallest absolute Gasteiger partial charge is 0.245 e. The third-order valence-corrected chi connectivity index (χ3v) is 5.29. The number of benzene rings is 2. The van der Waals surface area contributed by atoms with E-state index < -0.39 is 11.9 Å². The molecule has 29 heavy (non-hydrogen) atoms. The van der Waals surface area contributed by atoms with Gasteiger partial charge in [-0.05, 0) is 38.1 Å². The van der Waals surface area contributed by atoms with Crippen molar-refractivity contribution in [3.63, 3.8) is 0 Å². The Kier molecular flexibility index (Phi) is 6.38. The third kappa shape index (κ3) is 4.51. The Bertz CT molecular complexity index is 1110. The molecule has 1 amide bonds. The molecule has 3 rings (SSSR count). The standard InChI is InChI=1S/C22H18Cl2N4O/c1-14-17(15(2)28(27-14)16-7-4-3-5-8-16)11-12-21(29)26-20(13-25)18-9-6-10-19(23)22(18)24/h3-12,20H,1-2H3,(H,26,29)/b12-11+. The van der Waals surface area contributed by atoms with E-state index in [1.807, 2.05) is 54.9 Å². The Hall–Kier alpha value is -3.07. The molecule has 0 spiro atoms. The van der Waals surface area contributed by atoms with Crippen molar-refractivity contribution in [3.05, 3.63) is 87.2 Å². The normalized spacial score (nSPS) is 12.0. The number of hydrogen-bond acceptors (Lipinski definition) is 3. The summed E-state index contributed by atoms with van der Waals surface area (Å²) >= 11 is 12.2. The van der Waals surface area contributed by atoms with Crippen molar-refractivity contribution in [2.75, 3.05) is 0 Å². The molecule has 0 bridgehead atoms. The zero-order chi connectivity index (χ0) is 21.0. The number of carbonyl (C=O) groups excluding carboxylic acids is 1. The summed E-state index contributed by atoms with van der Waals surface area (Å²) in [5, 5.41) is 17.2. The van der Waals surface area contributed by atoms with Gasteiger partial charge in [-0.3, -0.25) is 4.79 Å². The van der Waals surface area contributed by atoms with Crippen LogP contribution in [0.5, 0.6) is 0 Å². The van der Waals surface area contributed by atoms with Crippen molar-refractivity contribution in [2.45, 2.75) is 19.9 Å². The van der Waals surface area contributed by atoms with Gasteiger partial charge in [0.05, 0.1) is 27.5 Å². The van der Waals surface area contributed by atoms with Crippen molar-refractivity contribution >= 4 is 35.2 Å². The number of aromatic nitrogens is 2. The quantitative estimate of drug-likeness (QED) is 0.572. The van der Waals surface area contributed by atoms with Crippen LogP contribution in [0.15, 0.2) is 54.6 Å². The predicted molar refractivity (Wildman–Crippen MR) is 115 cm³/mol. The summed E-state index contributed by atoms with van der Waals surface area (Å²) in [7, 11) is 0. The van der Waals surface area contributed by atoms with Gasteiger partial charge < -0.3 is 5.32 Å². The monoisotopic (exact) mass is 424 g/mol. The molecule has 1 aromatic heterocycles. The second-order valence-corrected chi connectivity index (χ2v) is 7.16. The maximum absolute atomic E-state index is 12.4. The SMILES string of the molecule is Cc1nn(-c2ccccc2)c(C)c1/C=C/C(=O)NC(C#N)c1cccc(Cl)c1Cl. The van der Waals surface area contributed by atoms with Crippen molar-refractivity contribution in [1.82, 2.24) is 15.1 Å². The summed E-state index contributed by atoms with van der Waals surface area (Å²) in [6.45, 7) is 3.82. The second-order valence-electron chi connectivity index (χ2n) is 6.38. The molecule has 3 aromatic rings. The van der Waals surface area contributed by atoms with Crippen LogP contribution in [0.25, 0.3) is 11.8 Å². The first-order chi connectivity index (χ1) is 13.9. The van der Waals surface area contributed by atoms with Gasteiger partial charge in [0.15, 0.2) is 0 Å². The minimum atomic E-state index is -0.910. The summed E-state index contributed by atoms with van der Waals surface area (Å²) in [6, 6.07) is 15.8. The topological polar surface area (TPSA) is 70.7 Å². The molecule has 0 aliphatic rings. The molecule has 2 aromatic carbocycles. The number of rotatable bonds is 5. The van der Waals surface area contributed by atoms with E-state index >= 15 is 0 Å². The Morgan fingerprint density at radius 1 is 1.17 bits per heavy atom. The Morgan fingerprint density at radius 2 is 1.90 bits per heavy atom. The molecular weight excluding hydrogens is 407 g/mol. The van der Waals surface area contributed by atoms with Crippen molar-refractivity contribution < 1.29 is 4.79 Å². The number of aryl methyl sites for hydroxylation is 1. The van der Waals surface area contributed by atoms with Gasteiger partial charge in [-0.1, -0.05) is 53.5 Å². The molecule has 1 N–H and O–H groups in total. The van der Waals surface area contributed by atoms with E-state index in [9.17, 15) is 10.1 Å². The van der Waals surface area contributed by atoms with E-state index in [0.717, 1.165) is 22.6 Å². The Morgan fingerprint density at radius 3 is 2.59 bits per heavy atom. The first-order valence-electron chi connectivity index (χ1n) is 8.86. The number of carbonyl (C=O) groups is 1. The van der Waals surface area contributed by atoms with Gasteiger partial charge in [-0.25, -0.2) is 4.68 Å². The summed E-state index contributed by atoms with van der Waals surface area (Å²) in [6.07, 6.45) is 3.08. The highest BCUT2D eigenvalue weighted by atomic mass is 35.5. The number of halogens is 2. The lowest BCUT2D eigenvalue weighted by atomic mass is 10.1. The van der Waals surface area contributed by atoms with E-state index in [1.54, 1.807) is 24.3 Å². The van der Waals surface area contributed by atoms with Crippen LogP contribution in [0.1, 0.15) is 28.6 Å². The molecule has 0 fully saturated rings. The minimum Gasteiger partial charge on any atom is -0.333 e. The molecule has 0 radical (unpaired) electrons. The van der Waals surface area contributed by atoms with Crippen LogP contribution in [0.2, 0.25) is 10.0 Å². The lowest BCUT2D eigenvalue weighted by Crippen LogP contribution is -2.26. The molecule has 0 saturated heterocycles. The van der Waals surface area contributed by atoms with Gasteiger partial charge in [0.1, 0.15) is 6.04 Å². The third-order valence-electron chi connectivity index (χ3n) is 4.46. The Labute approximate surface area is 179 Å². The van der Waals surface area contributed by atoms with Crippen molar-refractivity contribution in [1.29, 1.82) is 5.26 Å². The molecule has 7 heteroatoms. The van der Waals surface area contributed by atoms with Crippen LogP contribution < -0.4 is 5.32 Å². The molecule has 1 heterocycles. The largest absolute Gasteiger partial charge is 0.333 e. The maximum Gasteiger partial charge on any atom is 0.245 e. The van der Waals surface area contributed by atoms with Crippen LogP contribution >= 0.6 is 23.2 Å². The molecule has 0 aliphatic heterocycles. The van der Waals surface area contributed by atoms with Crippen LogP contribution in [0.4, 0.5) is 0 Å². The summed E-state index contributed by atoms with van der Waals surface area (Å²) < 4.78 is 1.83. The average molecular weight is 425 g/mol. The Balaban J connectivity index is 1.80. The number of nitriles is 1. The van der Waals surface area contributed by atoms with Gasteiger partial charge in [-0.15, -0.1) is 0 Å². The van der Waals surface area contributed by atoms with Crippen LogP contribution in [-0.4, -0.2) is 15.7 Å². The molecule has 5 nitrogen and oxygen atoms in total. The number of nitrogens with zero attached hydrogens (tertiary/aromatic N) is 3. The molecule has 0 aliphatic carbocycles. The van der Waals surface area contributed by atoms with Crippen LogP contribution in [-0.2, 0) is 4.79 Å². The summed E-state index contributed by atoms with van der Waals surface area (Å²) in [5.41, 5.74) is 3.95. The zero-order valence-electron chi connectivity index (χ0n) is 15.9. The van der Waals surface area contributed by atoms with Gasteiger partial charge in [0.25, 0.3) is 0 Å². The molecule has 146 valence electrons. The second kappa shape index (κ2) is 8.95. The highest BCUT2D eigenvalue weighted by molar-refractivity contribution is 6.42. The van der Waals surface area contributed by atoms with E-state index in [2.05, 4.69) is 10.4 Å². The highest BCUT2D eigenvalue weighted by Crippen LogP contribution is 2.29. The summed E-state index contributed by atoms with van der Waals surface area (Å²) in [4.78, 5) is 12.4. The summed E-state index contributed by atoms with van der Waals surface area (Å²) in [5.74, 6) is -0.418. The van der Waals surface area contributed by atoms with E-state index in [4.69, 9.17) is 23.2 Å². The highest BCUT2D eigenvalue weighted by Gasteiger charge is 2.17. The van der Waals surface area contributed by atoms with E-state index in [1.165, 1.54) is 6.08 Å². The fraction of sp³-hybridized carbons (Fsp3) is 0.136. The molecular formula is C22H18Cl2N4O. The number of hydrogen-bond donors (Lipinski definition) is 1. The van der Waals surface area contributed by atoms with Crippen molar-refractivity contribution in [3.8, 4) is 11.8 Å². The first-order valence-corrected chi connectivity index (χ1v) is 9.61. The number of para-hydroxylation sites is 1. The van der Waals surface area contributed by atoms with E-state index in [-0.39, 0.29) is 5.02 Å². The fourth-order valence-corrected chi connectivity index (χ4v) is 3.41. The molecule has 0 saturated carbocycles. The number of amides is 1. The predicted octanol–water partition coefficient (Wildman–Crippen LogP) is 5.19. The van der Waals surface area contributed by atoms with Gasteiger partial charge in [-0.2, -0.15) is 10.4 Å². The first kappa shape index (κ1) is 20.7. The van der Waals surface area contributed by atoms with E-state index in [0.29, 0.717) is 10.6 Å². The number of nitrogens with one attached hydrogen (secondary N) is 1. The molecule has 1 unspecified atom stereocenters. The van der Waals surface area contributed by atoms with Crippen molar-refractivity contribution in [2.24, 2.45) is 0 Å².